The molecule has 1 heterocycles. The van der Waals surface area contributed by atoms with Crippen LogP contribution in [0.2, 0.25) is 0 Å². The molecular weight excluding hydrogens is 456 g/mol. The van der Waals surface area contributed by atoms with Gasteiger partial charge in [-0.15, -0.1) is 0 Å². The van der Waals surface area contributed by atoms with Crippen molar-refractivity contribution in [3.63, 3.8) is 0 Å². The molecule has 0 saturated heterocycles. The van der Waals surface area contributed by atoms with E-state index in [4.69, 9.17) is 4.74 Å². The lowest BCUT2D eigenvalue weighted by Gasteiger charge is -2.14. The highest BCUT2D eigenvalue weighted by Crippen LogP contribution is 2.35. The number of amides is 1. The Bertz CT molecular complexity index is 1220. The summed E-state index contributed by atoms with van der Waals surface area (Å²) in [5, 5.41) is 2.26. The summed E-state index contributed by atoms with van der Waals surface area (Å²) >= 11 is 0. The summed E-state index contributed by atoms with van der Waals surface area (Å²) in [6.45, 7) is -0.571. The van der Waals surface area contributed by atoms with Gasteiger partial charge in [0.25, 0.3) is 5.56 Å². The fourth-order valence-corrected chi connectivity index (χ4v) is 2.86. The molecule has 0 radical (unpaired) electrons. The third-order valence-corrected chi connectivity index (χ3v) is 4.50. The minimum Gasteiger partial charge on any atom is -0.495 e. The number of aromatic nitrogens is 2. The monoisotopic (exact) mass is 471 g/mol. The van der Waals surface area contributed by atoms with Crippen LogP contribution in [0, 0.1) is 0 Å². The summed E-state index contributed by atoms with van der Waals surface area (Å²) in [6.07, 6.45) is -8.13. The molecule has 0 atom stereocenters. The van der Waals surface area contributed by atoms with E-state index < -0.39 is 41.5 Å². The van der Waals surface area contributed by atoms with E-state index >= 15 is 0 Å². The van der Waals surface area contributed by atoms with Gasteiger partial charge < -0.3 is 10.1 Å². The highest BCUT2D eigenvalue weighted by Gasteiger charge is 2.31. The van der Waals surface area contributed by atoms with Gasteiger partial charge in [0.05, 0.1) is 35.9 Å². The van der Waals surface area contributed by atoms with Crippen molar-refractivity contribution in [1.29, 1.82) is 0 Å². The second-order valence-electron chi connectivity index (χ2n) is 6.78. The lowest BCUT2D eigenvalue weighted by atomic mass is 10.1. The SMILES string of the molecule is COc1ccc(C(F)(F)F)cc1NC(=O)Cn1cnc(-c2ccc(C(F)(F)F)cc2)cc1=O. The van der Waals surface area contributed by atoms with E-state index in [-0.39, 0.29) is 22.7 Å². The number of benzene rings is 2. The Hall–Kier alpha value is -3.83. The van der Waals surface area contributed by atoms with Gasteiger partial charge in [-0.2, -0.15) is 26.3 Å². The fraction of sp³-hybridized carbons (Fsp3) is 0.190. The quantitative estimate of drug-likeness (QED) is 0.553. The van der Waals surface area contributed by atoms with Crippen LogP contribution in [0.15, 0.2) is 59.7 Å². The van der Waals surface area contributed by atoms with Crippen molar-refractivity contribution >= 4 is 11.6 Å². The van der Waals surface area contributed by atoms with Crippen LogP contribution in [-0.2, 0) is 23.7 Å². The van der Waals surface area contributed by atoms with Gasteiger partial charge in [0.1, 0.15) is 12.3 Å². The molecule has 12 heteroatoms. The normalized spacial score (nSPS) is 11.8. The Labute approximate surface area is 182 Å². The van der Waals surface area contributed by atoms with Gasteiger partial charge in [0.15, 0.2) is 0 Å². The number of ether oxygens (including phenoxy) is 1. The number of carbonyl (C=O) groups excluding carboxylic acids is 1. The van der Waals surface area contributed by atoms with Gasteiger partial charge in [0, 0.05) is 11.6 Å². The first-order chi connectivity index (χ1) is 15.4. The fourth-order valence-electron chi connectivity index (χ4n) is 2.86. The number of nitrogens with zero attached hydrogens (tertiary/aromatic N) is 2. The Morgan fingerprint density at radius 2 is 1.58 bits per heavy atom. The zero-order valence-electron chi connectivity index (χ0n) is 16.8. The molecule has 1 aromatic heterocycles. The van der Waals surface area contributed by atoms with Crippen LogP contribution in [0.5, 0.6) is 5.75 Å². The maximum absolute atomic E-state index is 12.9. The summed E-state index contributed by atoms with van der Waals surface area (Å²) < 4.78 is 82.7. The van der Waals surface area contributed by atoms with E-state index in [1.165, 1.54) is 7.11 Å². The van der Waals surface area contributed by atoms with Crippen LogP contribution in [0.25, 0.3) is 11.3 Å². The topological polar surface area (TPSA) is 73.2 Å². The number of alkyl halides is 6. The Morgan fingerprint density at radius 3 is 2.12 bits per heavy atom. The number of hydrogen-bond donors (Lipinski definition) is 1. The first-order valence-electron chi connectivity index (χ1n) is 9.17. The van der Waals surface area contributed by atoms with Gasteiger partial charge in [-0.1, -0.05) is 12.1 Å². The Balaban J connectivity index is 1.77. The van der Waals surface area contributed by atoms with Crippen LogP contribution in [-0.4, -0.2) is 22.6 Å². The minimum atomic E-state index is -4.64. The lowest BCUT2D eigenvalue weighted by Crippen LogP contribution is -2.27. The van der Waals surface area contributed by atoms with Crippen molar-refractivity contribution in [3.8, 4) is 17.0 Å². The molecule has 2 aromatic carbocycles. The smallest absolute Gasteiger partial charge is 0.416 e. The number of nitrogens with one attached hydrogen (secondary N) is 1. The predicted octanol–water partition coefficient (Wildman–Crippen LogP) is 4.60. The molecule has 3 rings (SSSR count). The third kappa shape index (κ3) is 5.70. The molecule has 1 N–H and O–H groups in total. The van der Waals surface area contributed by atoms with Gasteiger partial charge in [-0.25, -0.2) is 4.98 Å². The average Bonchev–Trinajstić information content (AvgIpc) is 2.74. The van der Waals surface area contributed by atoms with Gasteiger partial charge in [-0.3, -0.25) is 14.2 Å². The molecule has 0 aliphatic carbocycles. The summed E-state index contributed by atoms with van der Waals surface area (Å²) in [7, 11) is 1.21. The molecule has 33 heavy (non-hydrogen) atoms. The van der Waals surface area contributed by atoms with Crippen molar-refractivity contribution in [2.24, 2.45) is 0 Å². The van der Waals surface area contributed by atoms with Crippen molar-refractivity contribution in [2.45, 2.75) is 18.9 Å². The molecule has 0 aliphatic rings. The molecule has 6 nitrogen and oxygen atoms in total. The maximum atomic E-state index is 12.9. The van der Waals surface area contributed by atoms with Crippen molar-refractivity contribution < 1.29 is 35.9 Å². The summed E-state index contributed by atoms with van der Waals surface area (Å²) in [6, 6.07) is 7.57. The third-order valence-electron chi connectivity index (χ3n) is 4.50. The van der Waals surface area contributed by atoms with E-state index in [0.717, 1.165) is 53.4 Å². The molecular formula is C21H15F6N3O3. The maximum Gasteiger partial charge on any atom is 0.416 e. The number of halogens is 6. The lowest BCUT2D eigenvalue weighted by molar-refractivity contribution is -0.138. The van der Waals surface area contributed by atoms with E-state index in [2.05, 4.69) is 10.3 Å². The highest BCUT2D eigenvalue weighted by atomic mass is 19.4. The molecule has 0 aliphatic heterocycles. The number of rotatable bonds is 5. The van der Waals surface area contributed by atoms with Crippen molar-refractivity contribution in [2.75, 3.05) is 12.4 Å². The van der Waals surface area contributed by atoms with E-state index in [1.807, 2.05) is 0 Å². The van der Waals surface area contributed by atoms with Crippen LogP contribution in [0.1, 0.15) is 11.1 Å². The molecule has 0 saturated carbocycles. The molecule has 0 unspecified atom stereocenters. The largest absolute Gasteiger partial charge is 0.495 e. The molecule has 0 bridgehead atoms. The summed E-state index contributed by atoms with van der Waals surface area (Å²) in [5.41, 5.74) is -2.44. The van der Waals surface area contributed by atoms with Crippen LogP contribution >= 0.6 is 0 Å². The van der Waals surface area contributed by atoms with Crippen molar-refractivity contribution in [3.05, 3.63) is 76.3 Å². The average molecular weight is 471 g/mol. The highest BCUT2D eigenvalue weighted by molar-refractivity contribution is 5.92. The van der Waals surface area contributed by atoms with Crippen molar-refractivity contribution in [1.82, 2.24) is 9.55 Å². The first kappa shape index (κ1) is 23.8. The molecule has 0 spiro atoms. The first-order valence-corrected chi connectivity index (χ1v) is 9.17. The number of anilines is 1. The molecule has 0 fully saturated rings. The minimum absolute atomic E-state index is 0.0144. The molecule has 1 amide bonds. The Morgan fingerprint density at radius 1 is 0.970 bits per heavy atom. The molecule has 3 aromatic rings. The molecule has 174 valence electrons. The predicted molar refractivity (Wildman–Crippen MR) is 106 cm³/mol. The van der Waals surface area contributed by atoms with E-state index in [9.17, 15) is 35.9 Å². The van der Waals surface area contributed by atoms with Crippen LogP contribution in [0.4, 0.5) is 32.0 Å². The summed E-state index contributed by atoms with van der Waals surface area (Å²) in [4.78, 5) is 28.6. The van der Waals surface area contributed by atoms with E-state index in [1.54, 1.807) is 0 Å². The van der Waals surface area contributed by atoms with Gasteiger partial charge in [0.2, 0.25) is 5.91 Å². The zero-order chi connectivity index (χ0) is 24.4. The second kappa shape index (κ2) is 8.96. The number of hydrogen-bond acceptors (Lipinski definition) is 4. The standard InChI is InChI=1S/C21H15F6N3O3/c1-33-17-7-6-14(21(25,26)27)8-16(17)29-18(31)10-30-11-28-15(9-19(30)32)12-2-4-13(5-3-12)20(22,23)24/h2-9,11H,10H2,1H3,(H,29,31). The van der Waals surface area contributed by atoms with E-state index in [0.29, 0.717) is 6.07 Å². The Kier molecular flexibility index (Phi) is 6.47. The van der Waals surface area contributed by atoms with Gasteiger partial charge in [-0.05, 0) is 30.3 Å². The number of carbonyl (C=O) groups is 1. The second-order valence-corrected chi connectivity index (χ2v) is 6.78. The zero-order valence-corrected chi connectivity index (χ0v) is 16.8. The number of methoxy groups -OCH3 is 1. The summed E-state index contributed by atoms with van der Waals surface area (Å²) in [5.74, 6) is -0.835. The van der Waals surface area contributed by atoms with Gasteiger partial charge >= 0.3 is 12.4 Å². The van der Waals surface area contributed by atoms with Crippen LogP contribution in [0.3, 0.4) is 0 Å². The van der Waals surface area contributed by atoms with Crippen LogP contribution < -0.4 is 15.6 Å².